The van der Waals surface area contributed by atoms with Crippen molar-refractivity contribution >= 4 is 8.32 Å². The Morgan fingerprint density at radius 3 is 2.25 bits per heavy atom. The van der Waals surface area contributed by atoms with Crippen LogP contribution < -0.4 is 0 Å². The van der Waals surface area contributed by atoms with Gasteiger partial charge in [-0.25, -0.2) is 0 Å². The van der Waals surface area contributed by atoms with Crippen molar-refractivity contribution in [2.75, 3.05) is 20.3 Å². The average molecular weight is 409 g/mol. The Kier molecular flexibility index (Phi) is 12.9. The summed E-state index contributed by atoms with van der Waals surface area (Å²) in [4.78, 5) is 0. The van der Waals surface area contributed by atoms with Crippen LogP contribution in [0.15, 0.2) is 49.1 Å². The smallest absolute Gasteiger partial charge is 0.192 e. The lowest BCUT2D eigenvalue weighted by atomic mass is 9.97. The molecule has 0 saturated heterocycles. The van der Waals surface area contributed by atoms with Gasteiger partial charge in [0.2, 0.25) is 0 Å². The highest BCUT2D eigenvalue weighted by molar-refractivity contribution is 6.74. The van der Waals surface area contributed by atoms with Crippen molar-refractivity contribution in [2.45, 2.75) is 77.8 Å². The van der Waals surface area contributed by atoms with Crippen LogP contribution in [-0.2, 0) is 13.9 Å². The molecule has 162 valence electrons. The Morgan fingerprint density at radius 2 is 1.75 bits per heavy atom. The van der Waals surface area contributed by atoms with E-state index < -0.39 is 8.32 Å². The van der Waals surface area contributed by atoms with Crippen LogP contribution in [0.3, 0.4) is 0 Å². The van der Waals surface area contributed by atoms with Crippen LogP contribution in [0.25, 0.3) is 0 Å². The van der Waals surface area contributed by atoms with Gasteiger partial charge in [-0.3, -0.25) is 0 Å². The highest BCUT2D eigenvalue weighted by Crippen LogP contribution is 2.39. The third kappa shape index (κ3) is 10.0. The predicted molar refractivity (Wildman–Crippen MR) is 125 cm³/mol. The predicted octanol–water partition coefficient (Wildman–Crippen LogP) is 6.70. The molecule has 4 heteroatoms. The standard InChI is InChI=1S/C24H44O3Si/c1-11-13-14-15-16-17-26-19-20(3)18-21(4)23(22(12-2)25-8)27-28(9,10)24(5,6)7/h11-12,15-16,18,21-23H,1-2,13-14,17,19H2,3-10H3/b16-15+,20-18-/t21-,22+,23+/m1/s1. The van der Waals surface area contributed by atoms with Crippen molar-refractivity contribution in [2.24, 2.45) is 5.92 Å². The minimum atomic E-state index is -1.93. The van der Waals surface area contributed by atoms with Crippen LogP contribution in [0.4, 0.5) is 0 Å². The first kappa shape index (κ1) is 27.1. The molecule has 0 N–H and O–H groups in total. The lowest BCUT2D eigenvalue weighted by molar-refractivity contribution is 0.00584. The van der Waals surface area contributed by atoms with Crippen molar-refractivity contribution in [1.29, 1.82) is 0 Å². The van der Waals surface area contributed by atoms with E-state index in [0.29, 0.717) is 13.2 Å². The molecule has 0 aliphatic carbocycles. The molecule has 0 spiro atoms. The number of allylic oxidation sites excluding steroid dienone is 2. The summed E-state index contributed by atoms with van der Waals surface area (Å²) in [7, 11) is -0.207. The van der Waals surface area contributed by atoms with Crippen LogP contribution >= 0.6 is 0 Å². The molecule has 0 aromatic rings. The second kappa shape index (κ2) is 13.3. The zero-order valence-electron chi connectivity index (χ0n) is 19.6. The van der Waals surface area contributed by atoms with Crippen LogP contribution in [-0.4, -0.2) is 40.8 Å². The van der Waals surface area contributed by atoms with Gasteiger partial charge in [0.05, 0.1) is 19.3 Å². The van der Waals surface area contributed by atoms with Crippen molar-refractivity contribution in [1.82, 2.24) is 0 Å². The molecule has 0 amide bonds. The second-order valence-electron chi connectivity index (χ2n) is 9.00. The Bertz CT molecular complexity index is 514. The molecule has 0 bridgehead atoms. The number of hydrogen-bond acceptors (Lipinski definition) is 3. The summed E-state index contributed by atoms with van der Waals surface area (Å²) >= 11 is 0. The molecule has 0 saturated carbocycles. The van der Waals surface area contributed by atoms with Gasteiger partial charge in [0.1, 0.15) is 6.10 Å². The van der Waals surface area contributed by atoms with Crippen molar-refractivity contribution in [3.8, 4) is 0 Å². The molecule has 0 aromatic carbocycles. The van der Waals surface area contributed by atoms with E-state index in [1.807, 2.05) is 12.2 Å². The summed E-state index contributed by atoms with van der Waals surface area (Å²) in [6.07, 6.45) is 12.1. The van der Waals surface area contributed by atoms with E-state index >= 15 is 0 Å². The van der Waals surface area contributed by atoms with Crippen LogP contribution in [0, 0.1) is 5.92 Å². The van der Waals surface area contributed by atoms with Gasteiger partial charge in [-0.15, -0.1) is 13.2 Å². The summed E-state index contributed by atoms with van der Waals surface area (Å²) < 4.78 is 18.2. The van der Waals surface area contributed by atoms with Crippen molar-refractivity contribution in [3.63, 3.8) is 0 Å². The first-order valence-electron chi connectivity index (χ1n) is 10.3. The molecular formula is C24H44O3Si. The Labute approximate surface area is 175 Å². The molecule has 0 aliphatic heterocycles. The maximum absolute atomic E-state index is 6.73. The molecule has 28 heavy (non-hydrogen) atoms. The average Bonchev–Trinajstić information content (AvgIpc) is 2.60. The zero-order valence-corrected chi connectivity index (χ0v) is 20.6. The van der Waals surface area contributed by atoms with Gasteiger partial charge < -0.3 is 13.9 Å². The summed E-state index contributed by atoms with van der Waals surface area (Å²) in [6.45, 7) is 24.6. The number of hydrogen-bond donors (Lipinski definition) is 0. The zero-order chi connectivity index (χ0) is 21.8. The minimum absolute atomic E-state index is 0.0582. The van der Waals surface area contributed by atoms with Gasteiger partial charge in [0.15, 0.2) is 8.32 Å². The second-order valence-corrected chi connectivity index (χ2v) is 13.8. The quantitative estimate of drug-likeness (QED) is 0.182. The lowest BCUT2D eigenvalue weighted by Gasteiger charge is -2.42. The van der Waals surface area contributed by atoms with E-state index in [2.05, 4.69) is 79.1 Å². The number of ether oxygens (including phenoxy) is 2. The molecule has 0 heterocycles. The van der Waals surface area contributed by atoms with Crippen LogP contribution in [0.2, 0.25) is 18.1 Å². The van der Waals surface area contributed by atoms with E-state index in [1.165, 1.54) is 5.57 Å². The van der Waals surface area contributed by atoms with Crippen molar-refractivity contribution in [3.05, 3.63) is 49.1 Å². The fraction of sp³-hybridized carbons (Fsp3) is 0.667. The minimum Gasteiger partial charge on any atom is -0.410 e. The molecule has 0 fully saturated rings. The van der Waals surface area contributed by atoms with Crippen molar-refractivity contribution < 1.29 is 13.9 Å². The largest absolute Gasteiger partial charge is 0.410 e. The Balaban J connectivity index is 5.00. The third-order valence-electron chi connectivity index (χ3n) is 5.38. The molecular weight excluding hydrogens is 364 g/mol. The maximum Gasteiger partial charge on any atom is 0.192 e. The van der Waals surface area contributed by atoms with E-state index in [4.69, 9.17) is 13.9 Å². The van der Waals surface area contributed by atoms with Gasteiger partial charge in [-0.1, -0.05) is 63.6 Å². The van der Waals surface area contributed by atoms with Gasteiger partial charge in [-0.05, 0) is 37.9 Å². The number of methoxy groups -OCH3 is 1. The molecule has 0 aromatic heterocycles. The molecule has 0 radical (unpaired) electrons. The van der Waals surface area contributed by atoms with Gasteiger partial charge >= 0.3 is 0 Å². The summed E-state index contributed by atoms with van der Waals surface area (Å²) in [5.41, 5.74) is 1.20. The lowest BCUT2D eigenvalue weighted by Crippen LogP contribution is -2.49. The summed E-state index contributed by atoms with van der Waals surface area (Å²) in [6, 6.07) is 0. The Hall–Kier alpha value is -0.943. The number of rotatable bonds is 14. The topological polar surface area (TPSA) is 27.7 Å². The van der Waals surface area contributed by atoms with Gasteiger partial charge in [0, 0.05) is 13.0 Å². The summed E-state index contributed by atoms with van der Waals surface area (Å²) in [5.74, 6) is 0.198. The third-order valence-corrected chi connectivity index (χ3v) is 9.85. The molecule has 3 nitrogen and oxygen atoms in total. The van der Waals surface area contributed by atoms with E-state index in [1.54, 1.807) is 7.11 Å². The normalized spacial score (nSPS) is 16.8. The molecule has 0 unspecified atom stereocenters. The van der Waals surface area contributed by atoms with Gasteiger partial charge in [0.25, 0.3) is 0 Å². The SMILES string of the molecule is C=CCC/C=C/COC/C(C)=C\[C@@H](C)[C@H](O[Si](C)(C)C(C)(C)C)[C@H](C=C)OC. The molecule has 3 atom stereocenters. The Morgan fingerprint density at radius 1 is 1.11 bits per heavy atom. The first-order valence-corrected chi connectivity index (χ1v) is 13.2. The monoisotopic (exact) mass is 408 g/mol. The van der Waals surface area contributed by atoms with E-state index in [9.17, 15) is 0 Å². The molecule has 0 aliphatic rings. The summed E-state index contributed by atoms with van der Waals surface area (Å²) in [5, 5.41) is 0.143. The number of unbranched alkanes of at least 4 members (excludes halogenated alkanes) is 1. The van der Waals surface area contributed by atoms with E-state index in [-0.39, 0.29) is 23.2 Å². The first-order chi connectivity index (χ1) is 13.0. The fourth-order valence-corrected chi connectivity index (χ4v) is 4.02. The highest BCUT2D eigenvalue weighted by atomic mass is 28.4. The van der Waals surface area contributed by atoms with Gasteiger partial charge in [-0.2, -0.15) is 0 Å². The highest BCUT2D eigenvalue weighted by Gasteiger charge is 2.41. The fourth-order valence-electron chi connectivity index (χ4n) is 2.63. The maximum atomic E-state index is 6.73. The van der Waals surface area contributed by atoms with E-state index in [0.717, 1.165) is 12.8 Å². The molecule has 0 rings (SSSR count). The van der Waals surface area contributed by atoms with Crippen LogP contribution in [0.1, 0.15) is 47.5 Å². The van der Waals surface area contributed by atoms with Crippen LogP contribution in [0.5, 0.6) is 0 Å².